The van der Waals surface area contributed by atoms with Gasteiger partial charge in [-0.3, -0.25) is 14.5 Å². The Morgan fingerprint density at radius 1 is 1.15 bits per heavy atom. The average molecular weight is 379 g/mol. The standard InChI is InChI=1S/C18H21NO6S/c1-10(2)25-13-7-6-12(8-14(13)23-4)9-15-16(20)19(18(22)26-15)11(3)17(21)24-5/h6-11H,1-5H3/b15-9+/t11-/m1/s1. The predicted molar refractivity (Wildman–Crippen MR) is 98.0 cm³/mol. The first-order valence-electron chi connectivity index (χ1n) is 7.98. The summed E-state index contributed by atoms with van der Waals surface area (Å²) in [5.74, 6) is -0.0635. The van der Waals surface area contributed by atoms with E-state index in [1.165, 1.54) is 21.1 Å². The number of carbonyl (C=O) groups is 3. The van der Waals surface area contributed by atoms with E-state index >= 15 is 0 Å². The second-order valence-electron chi connectivity index (χ2n) is 5.83. The van der Waals surface area contributed by atoms with E-state index in [0.29, 0.717) is 17.1 Å². The van der Waals surface area contributed by atoms with E-state index in [-0.39, 0.29) is 11.0 Å². The summed E-state index contributed by atoms with van der Waals surface area (Å²) in [6, 6.07) is 4.24. The minimum atomic E-state index is -0.977. The van der Waals surface area contributed by atoms with Crippen LogP contribution in [0.5, 0.6) is 11.5 Å². The van der Waals surface area contributed by atoms with Gasteiger partial charge in [0.05, 0.1) is 25.2 Å². The lowest BCUT2D eigenvalue weighted by molar-refractivity contribution is -0.148. The van der Waals surface area contributed by atoms with Gasteiger partial charge in [0.2, 0.25) is 0 Å². The Balaban J connectivity index is 2.28. The smallest absolute Gasteiger partial charge is 0.328 e. The zero-order valence-electron chi connectivity index (χ0n) is 15.3. The third-order valence-electron chi connectivity index (χ3n) is 3.60. The van der Waals surface area contributed by atoms with Gasteiger partial charge < -0.3 is 14.2 Å². The minimum absolute atomic E-state index is 0.00828. The van der Waals surface area contributed by atoms with Gasteiger partial charge in [0.25, 0.3) is 11.1 Å². The molecule has 1 fully saturated rings. The number of ether oxygens (including phenoxy) is 3. The quantitative estimate of drug-likeness (QED) is 0.555. The minimum Gasteiger partial charge on any atom is -0.493 e. The lowest BCUT2D eigenvalue weighted by Crippen LogP contribution is -2.42. The van der Waals surface area contributed by atoms with Crippen LogP contribution in [0.2, 0.25) is 0 Å². The number of thioether (sulfide) groups is 1. The van der Waals surface area contributed by atoms with Crippen molar-refractivity contribution < 1.29 is 28.6 Å². The molecule has 1 saturated heterocycles. The lowest BCUT2D eigenvalue weighted by atomic mass is 10.1. The fraction of sp³-hybridized carbons (Fsp3) is 0.389. The van der Waals surface area contributed by atoms with Gasteiger partial charge in [-0.25, -0.2) is 4.79 Å². The summed E-state index contributed by atoms with van der Waals surface area (Å²) in [7, 11) is 2.74. The Labute approximate surface area is 156 Å². The van der Waals surface area contributed by atoms with Gasteiger partial charge in [-0.15, -0.1) is 0 Å². The molecule has 0 aromatic heterocycles. The van der Waals surface area contributed by atoms with Crippen molar-refractivity contribution in [3.63, 3.8) is 0 Å². The van der Waals surface area contributed by atoms with Crippen LogP contribution in [0.25, 0.3) is 6.08 Å². The molecule has 1 aliphatic heterocycles. The monoisotopic (exact) mass is 379 g/mol. The van der Waals surface area contributed by atoms with Gasteiger partial charge in [0, 0.05) is 0 Å². The van der Waals surface area contributed by atoms with E-state index in [0.717, 1.165) is 16.7 Å². The van der Waals surface area contributed by atoms with Gasteiger partial charge in [-0.1, -0.05) is 6.07 Å². The van der Waals surface area contributed by atoms with E-state index in [1.807, 2.05) is 13.8 Å². The van der Waals surface area contributed by atoms with Crippen LogP contribution < -0.4 is 9.47 Å². The molecule has 0 saturated carbocycles. The zero-order valence-corrected chi connectivity index (χ0v) is 16.1. The van der Waals surface area contributed by atoms with Crippen LogP contribution in [0.4, 0.5) is 4.79 Å². The molecule has 8 heteroatoms. The van der Waals surface area contributed by atoms with Crippen LogP contribution in [0.3, 0.4) is 0 Å². The van der Waals surface area contributed by atoms with Gasteiger partial charge >= 0.3 is 5.97 Å². The van der Waals surface area contributed by atoms with Crippen LogP contribution in [-0.4, -0.2) is 48.4 Å². The zero-order chi connectivity index (χ0) is 19.4. The second-order valence-corrected chi connectivity index (χ2v) is 6.82. The second kappa shape index (κ2) is 8.27. The molecule has 0 bridgehead atoms. The summed E-state index contributed by atoms with van der Waals surface area (Å²) >= 11 is 0.780. The third kappa shape index (κ3) is 4.19. The summed E-state index contributed by atoms with van der Waals surface area (Å²) in [6.45, 7) is 5.27. The number of nitrogens with zero attached hydrogens (tertiary/aromatic N) is 1. The first-order valence-corrected chi connectivity index (χ1v) is 8.79. The highest BCUT2D eigenvalue weighted by atomic mass is 32.2. The number of esters is 1. The normalized spacial score (nSPS) is 17.0. The molecular weight excluding hydrogens is 358 g/mol. The molecule has 0 N–H and O–H groups in total. The van der Waals surface area contributed by atoms with E-state index in [9.17, 15) is 14.4 Å². The number of rotatable bonds is 6. The molecule has 2 rings (SSSR count). The number of benzene rings is 1. The van der Waals surface area contributed by atoms with Crippen LogP contribution in [0.1, 0.15) is 26.3 Å². The summed E-state index contributed by atoms with van der Waals surface area (Å²) in [5, 5.41) is -0.508. The van der Waals surface area contributed by atoms with Gasteiger partial charge in [0.1, 0.15) is 6.04 Å². The van der Waals surface area contributed by atoms with Crippen molar-refractivity contribution in [1.29, 1.82) is 0 Å². The highest BCUT2D eigenvalue weighted by Crippen LogP contribution is 2.35. The Morgan fingerprint density at radius 3 is 2.42 bits per heavy atom. The molecule has 0 spiro atoms. The number of hydrogen-bond acceptors (Lipinski definition) is 7. The summed E-state index contributed by atoms with van der Waals surface area (Å²) in [5.41, 5.74) is 0.675. The molecule has 0 unspecified atom stereocenters. The van der Waals surface area contributed by atoms with Crippen molar-refractivity contribution >= 4 is 35.0 Å². The van der Waals surface area contributed by atoms with Crippen LogP contribution in [-0.2, 0) is 14.3 Å². The maximum absolute atomic E-state index is 12.5. The molecular formula is C18H21NO6S. The Hall–Kier alpha value is -2.48. The van der Waals surface area contributed by atoms with E-state index in [4.69, 9.17) is 9.47 Å². The van der Waals surface area contributed by atoms with E-state index in [1.54, 1.807) is 24.3 Å². The molecule has 26 heavy (non-hydrogen) atoms. The average Bonchev–Trinajstić information content (AvgIpc) is 2.87. The number of imide groups is 1. The summed E-state index contributed by atoms with van der Waals surface area (Å²) in [4.78, 5) is 37.4. The molecule has 0 radical (unpaired) electrons. The van der Waals surface area contributed by atoms with Crippen LogP contribution >= 0.6 is 11.8 Å². The Morgan fingerprint density at radius 2 is 1.85 bits per heavy atom. The predicted octanol–water partition coefficient (Wildman–Crippen LogP) is 3.08. The van der Waals surface area contributed by atoms with Gasteiger partial charge in [-0.2, -0.15) is 0 Å². The fourth-order valence-corrected chi connectivity index (χ4v) is 3.27. The topological polar surface area (TPSA) is 82.1 Å². The van der Waals surface area contributed by atoms with Crippen molar-refractivity contribution in [2.45, 2.75) is 32.9 Å². The van der Waals surface area contributed by atoms with E-state index < -0.39 is 23.2 Å². The largest absolute Gasteiger partial charge is 0.493 e. The first kappa shape index (κ1) is 19.8. The third-order valence-corrected chi connectivity index (χ3v) is 4.48. The summed E-state index contributed by atoms with van der Waals surface area (Å²) in [6.07, 6.45) is 1.57. The SMILES string of the molecule is COC(=O)[C@@H](C)N1C(=O)S/C(=C/c2ccc(OC(C)C)c(OC)c2)C1=O. The summed E-state index contributed by atoms with van der Waals surface area (Å²) < 4.78 is 15.6. The van der Waals surface area contributed by atoms with Crippen molar-refractivity contribution in [3.05, 3.63) is 28.7 Å². The van der Waals surface area contributed by atoms with Gasteiger partial charge in [0.15, 0.2) is 11.5 Å². The molecule has 1 aromatic carbocycles. The molecule has 140 valence electrons. The Kier molecular flexibility index (Phi) is 6.31. The number of methoxy groups -OCH3 is 2. The molecule has 2 amide bonds. The van der Waals surface area contributed by atoms with Crippen molar-refractivity contribution in [1.82, 2.24) is 4.90 Å². The first-order chi connectivity index (χ1) is 12.3. The van der Waals surface area contributed by atoms with Gasteiger partial charge in [-0.05, 0) is 56.3 Å². The van der Waals surface area contributed by atoms with Crippen molar-refractivity contribution in [2.75, 3.05) is 14.2 Å². The molecule has 1 aliphatic rings. The number of amides is 2. The highest BCUT2D eigenvalue weighted by molar-refractivity contribution is 8.18. The molecule has 0 aliphatic carbocycles. The van der Waals surface area contributed by atoms with Crippen molar-refractivity contribution in [3.8, 4) is 11.5 Å². The molecule has 1 aromatic rings. The molecule has 1 heterocycles. The van der Waals surface area contributed by atoms with Crippen LogP contribution in [0.15, 0.2) is 23.1 Å². The number of carbonyl (C=O) groups excluding carboxylic acids is 3. The Bertz CT molecular complexity index is 758. The van der Waals surface area contributed by atoms with Crippen molar-refractivity contribution in [2.24, 2.45) is 0 Å². The molecule has 1 atom stereocenters. The highest BCUT2D eigenvalue weighted by Gasteiger charge is 2.41. The lowest BCUT2D eigenvalue weighted by Gasteiger charge is -2.18. The molecule has 7 nitrogen and oxygen atoms in total. The number of hydrogen-bond donors (Lipinski definition) is 0. The fourth-order valence-electron chi connectivity index (χ4n) is 2.37. The van der Waals surface area contributed by atoms with Crippen LogP contribution in [0, 0.1) is 0 Å². The maximum Gasteiger partial charge on any atom is 0.328 e. The van der Waals surface area contributed by atoms with E-state index in [2.05, 4.69) is 4.74 Å². The maximum atomic E-state index is 12.5.